The van der Waals surface area contributed by atoms with Crippen LogP contribution in [0.15, 0.2) is 24.3 Å². The predicted octanol–water partition coefficient (Wildman–Crippen LogP) is 4.96. The normalized spacial score (nSPS) is 34.2. The molecule has 5 rings (SSSR count). The van der Waals surface area contributed by atoms with E-state index in [1.54, 1.807) is 6.07 Å². The summed E-state index contributed by atoms with van der Waals surface area (Å²) < 4.78 is 39.3. The fraction of sp³-hybridized carbons (Fsp3) is 0.611. The second-order valence-corrected chi connectivity index (χ2v) is 8.23. The summed E-state index contributed by atoms with van der Waals surface area (Å²) in [7, 11) is 0. The quantitative estimate of drug-likeness (QED) is 0.734. The molecule has 1 aromatic rings. The van der Waals surface area contributed by atoms with Gasteiger partial charge in [0.1, 0.15) is 0 Å². The fourth-order valence-corrected chi connectivity index (χ4v) is 5.82. The Morgan fingerprint density at radius 2 is 1.54 bits per heavy atom. The molecule has 0 aromatic heterocycles. The lowest BCUT2D eigenvalue weighted by atomic mass is 9.53. The van der Waals surface area contributed by atoms with Crippen LogP contribution in [0.2, 0.25) is 0 Å². The van der Waals surface area contributed by atoms with Crippen molar-refractivity contribution < 1.29 is 13.2 Å². The van der Waals surface area contributed by atoms with Crippen molar-refractivity contribution in [2.45, 2.75) is 50.2 Å². The number of alkyl halides is 3. The van der Waals surface area contributed by atoms with Crippen LogP contribution in [0.4, 0.5) is 18.9 Å². The Morgan fingerprint density at radius 3 is 2.08 bits per heavy atom. The van der Waals surface area contributed by atoms with Crippen LogP contribution in [-0.2, 0) is 6.18 Å². The Bertz CT molecular complexity index is 621. The molecule has 130 valence electrons. The Morgan fingerprint density at radius 1 is 1.00 bits per heavy atom. The number of benzene rings is 1. The first-order valence-corrected chi connectivity index (χ1v) is 8.99. The van der Waals surface area contributed by atoms with Crippen molar-refractivity contribution in [3.63, 3.8) is 0 Å². The summed E-state index contributed by atoms with van der Waals surface area (Å²) in [6.45, 7) is 0. The van der Waals surface area contributed by atoms with Crippen LogP contribution in [0, 0.1) is 17.8 Å². The molecule has 2 N–H and O–H groups in total. The number of anilines is 1. The molecule has 4 fully saturated rings. The van der Waals surface area contributed by atoms with Gasteiger partial charge in [0, 0.05) is 5.54 Å². The molecule has 4 saturated carbocycles. The third-order valence-corrected chi connectivity index (χ3v) is 6.10. The number of hydrogen-bond donors (Lipinski definition) is 2. The fourth-order valence-electron chi connectivity index (χ4n) is 5.50. The van der Waals surface area contributed by atoms with Crippen LogP contribution in [-0.4, -0.2) is 10.7 Å². The smallest absolute Gasteiger partial charge is 0.357 e. The van der Waals surface area contributed by atoms with Crippen LogP contribution >= 0.6 is 12.2 Å². The molecular weight excluding hydrogens is 333 g/mol. The minimum Gasteiger partial charge on any atom is -0.357 e. The Balaban J connectivity index is 1.48. The summed E-state index contributed by atoms with van der Waals surface area (Å²) in [5, 5.41) is 6.51. The number of para-hydroxylation sites is 1. The summed E-state index contributed by atoms with van der Waals surface area (Å²) >= 11 is 5.36. The molecule has 4 bridgehead atoms. The topological polar surface area (TPSA) is 24.1 Å². The van der Waals surface area contributed by atoms with E-state index in [-0.39, 0.29) is 11.2 Å². The van der Waals surface area contributed by atoms with Crippen LogP contribution in [0.5, 0.6) is 0 Å². The van der Waals surface area contributed by atoms with E-state index < -0.39 is 11.7 Å². The highest BCUT2D eigenvalue weighted by atomic mass is 32.1. The zero-order valence-corrected chi connectivity index (χ0v) is 14.1. The average molecular weight is 354 g/mol. The maximum Gasteiger partial charge on any atom is 0.418 e. The third kappa shape index (κ3) is 3.01. The molecule has 2 nitrogen and oxygen atoms in total. The van der Waals surface area contributed by atoms with E-state index in [2.05, 4.69) is 10.6 Å². The number of nitrogens with one attached hydrogen (secondary N) is 2. The summed E-state index contributed by atoms with van der Waals surface area (Å²) in [4.78, 5) is 0. The van der Waals surface area contributed by atoms with E-state index in [0.29, 0.717) is 5.11 Å². The molecule has 0 spiro atoms. The van der Waals surface area contributed by atoms with Crippen molar-refractivity contribution in [3.05, 3.63) is 29.8 Å². The Hall–Kier alpha value is -1.30. The van der Waals surface area contributed by atoms with Crippen molar-refractivity contribution in [1.82, 2.24) is 5.32 Å². The molecule has 1 aromatic carbocycles. The first kappa shape index (κ1) is 16.2. The second kappa shape index (κ2) is 5.61. The Labute approximate surface area is 145 Å². The van der Waals surface area contributed by atoms with E-state index in [1.807, 2.05) is 0 Å². The molecule has 24 heavy (non-hydrogen) atoms. The lowest BCUT2D eigenvalue weighted by Crippen LogP contribution is -2.60. The van der Waals surface area contributed by atoms with Gasteiger partial charge in [-0.2, -0.15) is 13.2 Å². The molecule has 4 aliphatic rings. The summed E-state index contributed by atoms with van der Waals surface area (Å²) in [6, 6.07) is 5.49. The van der Waals surface area contributed by atoms with Gasteiger partial charge in [0.05, 0.1) is 11.3 Å². The van der Waals surface area contributed by atoms with Crippen molar-refractivity contribution >= 4 is 23.0 Å². The number of rotatable bonds is 2. The SMILES string of the molecule is FC(F)(F)c1ccccc1NC(=S)NC12CC3CC(CC(C3)C1)C2. The predicted molar refractivity (Wildman–Crippen MR) is 91.7 cm³/mol. The van der Waals surface area contributed by atoms with Gasteiger partial charge in [-0.15, -0.1) is 0 Å². The van der Waals surface area contributed by atoms with Gasteiger partial charge < -0.3 is 10.6 Å². The largest absolute Gasteiger partial charge is 0.418 e. The first-order valence-electron chi connectivity index (χ1n) is 8.58. The number of halogens is 3. The molecule has 4 aliphatic carbocycles. The number of hydrogen-bond acceptors (Lipinski definition) is 1. The Kier molecular flexibility index (Phi) is 3.79. The molecule has 0 amide bonds. The molecular formula is C18H21F3N2S. The van der Waals surface area contributed by atoms with Gasteiger partial charge in [0.25, 0.3) is 0 Å². The molecule has 0 atom stereocenters. The second-order valence-electron chi connectivity index (χ2n) is 7.82. The van der Waals surface area contributed by atoms with Crippen LogP contribution in [0.1, 0.15) is 44.1 Å². The van der Waals surface area contributed by atoms with Gasteiger partial charge in [-0.25, -0.2) is 0 Å². The molecule has 0 unspecified atom stereocenters. The minimum absolute atomic E-state index is 0.00793. The average Bonchev–Trinajstić information content (AvgIpc) is 2.44. The molecule has 0 saturated heterocycles. The van der Waals surface area contributed by atoms with Crippen LogP contribution in [0.3, 0.4) is 0 Å². The van der Waals surface area contributed by atoms with E-state index in [0.717, 1.165) is 43.1 Å². The number of thiocarbonyl (C=S) groups is 1. The van der Waals surface area contributed by atoms with E-state index in [4.69, 9.17) is 12.2 Å². The van der Waals surface area contributed by atoms with Gasteiger partial charge in [-0.3, -0.25) is 0 Å². The minimum atomic E-state index is -4.39. The molecule has 0 heterocycles. The summed E-state index contributed by atoms with van der Waals surface area (Å²) in [5.41, 5.74) is -0.668. The van der Waals surface area contributed by atoms with Crippen LogP contribution in [0.25, 0.3) is 0 Å². The van der Waals surface area contributed by atoms with E-state index in [9.17, 15) is 13.2 Å². The van der Waals surface area contributed by atoms with Gasteiger partial charge in [0.15, 0.2) is 5.11 Å². The molecule has 0 radical (unpaired) electrons. The van der Waals surface area contributed by atoms with Gasteiger partial charge in [-0.1, -0.05) is 12.1 Å². The van der Waals surface area contributed by atoms with Gasteiger partial charge in [0.2, 0.25) is 0 Å². The maximum absolute atomic E-state index is 13.1. The van der Waals surface area contributed by atoms with E-state index >= 15 is 0 Å². The zero-order valence-electron chi connectivity index (χ0n) is 13.3. The maximum atomic E-state index is 13.1. The standard InChI is InChI=1S/C18H21F3N2S/c19-18(20,21)14-3-1-2-4-15(14)22-16(24)23-17-8-11-5-12(9-17)7-13(6-11)10-17/h1-4,11-13H,5-10H2,(H2,22,23,24). The summed E-state index contributed by atoms with van der Waals surface area (Å²) in [6.07, 6.45) is 2.86. The van der Waals surface area contributed by atoms with Crippen molar-refractivity contribution in [2.75, 3.05) is 5.32 Å². The zero-order chi connectivity index (χ0) is 16.9. The van der Waals surface area contributed by atoms with Crippen molar-refractivity contribution in [1.29, 1.82) is 0 Å². The van der Waals surface area contributed by atoms with Crippen molar-refractivity contribution in [3.8, 4) is 0 Å². The highest BCUT2D eigenvalue weighted by Gasteiger charge is 2.51. The lowest BCUT2D eigenvalue weighted by molar-refractivity contribution is -0.136. The molecule has 0 aliphatic heterocycles. The highest BCUT2D eigenvalue weighted by molar-refractivity contribution is 7.80. The lowest BCUT2D eigenvalue weighted by Gasteiger charge is -2.57. The third-order valence-electron chi connectivity index (χ3n) is 5.90. The van der Waals surface area contributed by atoms with Crippen molar-refractivity contribution in [2.24, 2.45) is 17.8 Å². The van der Waals surface area contributed by atoms with Crippen LogP contribution < -0.4 is 10.6 Å². The molecule has 6 heteroatoms. The van der Waals surface area contributed by atoms with Gasteiger partial charge in [-0.05, 0) is 80.6 Å². The summed E-state index contributed by atoms with van der Waals surface area (Å²) in [5.74, 6) is 2.28. The first-order chi connectivity index (χ1) is 11.3. The highest BCUT2D eigenvalue weighted by Crippen LogP contribution is 2.55. The van der Waals surface area contributed by atoms with E-state index in [1.165, 1.54) is 31.4 Å². The van der Waals surface area contributed by atoms with Gasteiger partial charge >= 0.3 is 6.18 Å². The monoisotopic (exact) mass is 354 g/mol.